The predicted molar refractivity (Wildman–Crippen MR) is 76.8 cm³/mol. The van der Waals surface area contributed by atoms with Crippen LogP contribution in [-0.2, 0) is 4.79 Å². The fraction of sp³-hybridized carbons (Fsp3) is 0.467. The summed E-state index contributed by atoms with van der Waals surface area (Å²) in [5, 5.41) is 9.32. The van der Waals surface area contributed by atoms with Crippen molar-refractivity contribution in [3.05, 3.63) is 30.3 Å². The summed E-state index contributed by atoms with van der Waals surface area (Å²) in [6.45, 7) is 5.57. The highest BCUT2D eigenvalue weighted by Gasteiger charge is 2.43. The van der Waals surface area contributed by atoms with E-state index in [4.69, 9.17) is 0 Å². The van der Waals surface area contributed by atoms with E-state index in [9.17, 15) is 14.7 Å². The standard InChI is InChI=1S/C15H20N2O3/c1-11-9-10-16(15(2,3)13(18)19)14(20)17(11)12-7-5-4-6-8-12/h4-8,11H,9-10H2,1-3H3,(H,18,19). The van der Waals surface area contributed by atoms with Crippen molar-refractivity contribution in [1.29, 1.82) is 0 Å². The van der Waals surface area contributed by atoms with Gasteiger partial charge >= 0.3 is 12.0 Å². The Hall–Kier alpha value is -2.04. The third-order valence-electron chi connectivity index (χ3n) is 3.88. The minimum absolute atomic E-state index is 0.0609. The molecule has 0 saturated carbocycles. The van der Waals surface area contributed by atoms with E-state index in [0.29, 0.717) is 6.54 Å². The summed E-state index contributed by atoms with van der Waals surface area (Å²) < 4.78 is 0. The van der Waals surface area contributed by atoms with Gasteiger partial charge in [-0.1, -0.05) is 18.2 Å². The average Bonchev–Trinajstić information content (AvgIpc) is 2.39. The second-order valence-electron chi connectivity index (χ2n) is 5.64. The molecule has 1 aliphatic heterocycles. The fourth-order valence-corrected chi connectivity index (χ4v) is 2.45. The van der Waals surface area contributed by atoms with E-state index in [1.165, 1.54) is 4.90 Å². The van der Waals surface area contributed by atoms with Crippen LogP contribution in [0.4, 0.5) is 10.5 Å². The van der Waals surface area contributed by atoms with E-state index < -0.39 is 11.5 Å². The fourth-order valence-electron chi connectivity index (χ4n) is 2.45. The summed E-state index contributed by atoms with van der Waals surface area (Å²) in [4.78, 5) is 27.2. The molecule has 5 heteroatoms. The van der Waals surface area contributed by atoms with E-state index in [1.807, 2.05) is 37.3 Å². The lowest BCUT2D eigenvalue weighted by Crippen LogP contribution is -2.62. The van der Waals surface area contributed by atoms with Gasteiger partial charge in [-0.3, -0.25) is 4.90 Å². The number of anilines is 1. The molecule has 1 aromatic carbocycles. The SMILES string of the molecule is CC1CCN(C(C)(C)C(=O)O)C(=O)N1c1ccccc1. The van der Waals surface area contributed by atoms with Crippen LogP contribution in [0.15, 0.2) is 30.3 Å². The first-order valence-electron chi connectivity index (χ1n) is 6.75. The Kier molecular flexibility index (Phi) is 3.70. The van der Waals surface area contributed by atoms with Crippen molar-refractivity contribution in [2.75, 3.05) is 11.4 Å². The van der Waals surface area contributed by atoms with Crippen molar-refractivity contribution in [3.8, 4) is 0 Å². The lowest BCUT2D eigenvalue weighted by Gasteiger charge is -2.45. The molecule has 0 aliphatic carbocycles. The number of rotatable bonds is 3. The van der Waals surface area contributed by atoms with Gasteiger partial charge in [0.2, 0.25) is 0 Å². The van der Waals surface area contributed by atoms with Gasteiger partial charge in [0, 0.05) is 18.3 Å². The van der Waals surface area contributed by atoms with Crippen molar-refractivity contribution in [2.45, 2.75) is 38.8 Å². The molecule has 0 radical (unpaired) electrons. The average molecular weight is 276 g/mol. The molecule has 1 N–H and O–H groups in total. The van der Waals surface area contributed by atoms with Gasteiger partial charge in [-0.2, -0.15) is 0 Å². The Morgan fingerprint density at radius 2 is 1.90 bits per heavy atom. The Labute approximate surface area is 118 Å². The number of carboxylic acid groups (broad SMARTS) is 1. The number of carbonyl (C=O) groups is 2. The molecule has 1 unspecified atom stereocenters. The number of amides is 2. The molecule has 1 atom stereocenters. The lowest BCUT2D eigenvalue weighted by atomic mass is 9.99. The molecule has 1 heterocycles. The molecule has 1 saturated heterocycles. The van der Waals surface area contributed by atoms with E-state index in [-0.39, 0.29) is 12.1 Å². The Morgan fingerprint density at radius 3 is 2.45 bits per heavy atom. The summed E-state index contributed by atoms with van der Waals surface area (Å²) in [6.07, 6.45) is 0.747. The van der Waals surface area contributed by atoms with E-state index in [0.717, 1.165) is 12.1 Å². The van der Waals surface area contributed by atoms with Crippen molar-refractivity contribution < 1.29 is 14.7 Å². The maximum atomic E-state index is 12.7. The number of hydrogen-bond donors (Lipinski definition) is 1. The number of para-hydroxylation sites is 1. The number of carbonyl (C=O) groups excluding carboxylic acids is 1. The lowest BCUT2D eigenvalue weighted by molar-refractivity contribution is -0.147. The molecule has 0 bridgehead atoms. The first-order valence-corrected chi connectivity index (χ1v) is 6.75. The molecule has 1 fully saturated rings. The smallest absolute Gasteiger partial charge is 0.329 e. The highest BCUT2D eigenvalue weighted by Crippen LogP contribution is 2.28. The monoisotopic (exact) mass is 276 g/mol. The van der Waals surface area contributed by atoms with Crippen LogP contribution >= 0.6 is 0 Å². The van der Waals surface area contributed by atoms with Crippen molar-refractivity contribution >= 4 is 17.7 Å². The molecule has 0 spiro atoms. The Bertz CT molecular complexity index is 513. The van der Waals surface area contributed by atoms with E-state index >= 15 is 0 Å². The van der Waals surface area contributed by atoms with Crippen molar-refractivity contribution in [1.82, 2.24) is 4.90 Å². The largest absolute Gasteiger partial charge is 0.480 e. The van der Waals surface area contributed by atoms with Crippen LogP contribution in [0.1, 0.15) is 27.2 Å². The van der Waals surface area contributed by atoms with E-state index in [2.05, 4.69) is 0 Å². The van der Waals surface area contributed by atoms with E-state index in [1.54, 1.807) is 18.7 Å². The molecule has 108 valence electrons. The maximum Gasteiger partial charge on any atom is 0.329 e. The summed E-state index contributed by atoms with van der Waals surface area (Å²) in [7, 11) is 0. The first-order chi connectivity index (χ1) is 9.35. The summed E-state index contributed by atoms with van der Waals surface area (Å²) in [5.74, 6) is -0.992. The van der Waals surface area contributed by atoms with Crippen LogP contribution < -0.4 is 4.90 Å². The highest BCUT2D eigenvalue weighted by molar-refractivity contribution is 5.96. The Balaban J connectivity index is 2.34. The van der Waals surface area contributed by atoms with Gasteiger partial charge in [-0.25, -0.2) is 9.59 Å². The minimum atomic E-state index is -1.20. The zero-order valence-corrected chi connectivity index (χ0v) is 12.0. The molecule has 20 heavy (non-hydrogen) atoms. The molecular weight excluding hydrogens is 256 g/mol. The molecule has 1 aliphatic rings. The van der Waals surface area contributed by atoms with Crippen LogP contribution in [0.25, 0.3) is 0 Å². The van der Waals surface area contributed by atoms with Gasteiger partial charge in [-0.15, -0.1) is 0 Å². The van der Waals surface area contributed by atoms with Gasteiger partial charge in [0.15, 0.2) is 0 Å². The summed E-state index contributed by atoms with van der Waals surface area (Å²) >= 11 is 0. The summed E-state index contributed by atoms with van der Waals surface area (Å²) in [6, 6.07) is 9.18. The number of aliphatic carboxylic acids is 1. The third kappa shape index (κ3) is 2.35. The number of nitrogens with zero attached hydrogens (tertiary/aromatic N) is 2. The topological polar surface area (TPSA) is 60.9 Å². The molecule has 0 aromatic heterocycles. The zero-order chi connectivity index (χ0) is 14.9. The second kappa shape index (κ2) is 5.15. The predicted octanol–water partition coefficient (Wildman–Crippen LogP) is 2.57. The number of urea groups is 1. The number of carboxylic acids is 1. The van der Waals surface area contributed by atoms with Gasteiger partial charge < -0.3 is 10.0 Å². The quantitative estimate of drug-likeness (QED) is 0.923. The maximum absolute atomic E-state index is 12.7. The Morgan fingerprint density at radius 1 is 1.30 bits per heavy atom. The molecule has 2 rings (SSSR count). The van der Waals surface area contributed by atoms with Crippen molar-refractivity contribution in [2.24, 2.45) is 0 Å². The van der Waals surface area contributed by atoms with Crippen LogP contribution in [-0.4, -0.2) is 40.1 Å². The number of benzene rings is 1. The second-order valence-corrected chi connectivity index (χ2v) is 5.64. The minimum Gasteiger partial charge on any atom is -0.480 e. The molecule has 1 aromatic rings. The zero-order valence-electron chi connectivity index (χ0n) is 12.0. The summed E-state index contributed by atoms with van der Waals surface area (Å²) in [5.41, 5.74) is -0.402. The van der Waals surface area contributed by atoms with Gasteiger partial charge in [0.25, 0.3) is 0 Å². The van der Waals surface area contributed by atoms with Crippen molar-refractivity contribution in [3.63, 3.8) is 0 Å². The first kappa shape index (κ1) is 14.4. The molecule has 5 nitrogen and oxygen atoms in total. The van der Waals surface area contributed by atoms with Crippen LogP contribution in [0.2, 0.25) is 0 Å². The third-order valence-corrected chi connectivity index (χ3v) is 3.88. The van der Waals surface area contributed by atoms with Gasteiger partial charge in [0.05, 0.1) is 0 Å². The van der Waals surface area contributed by atoms with Crippen LogP contribution in [0.3, 0.4) is 0 Å². The molecular formula is C15H20N2O3. The van der Waals surface area contributed by atoms with Crippen LogP contribution in [0, 0.1) is 0 Å². The highest BCUT2D eigenvalue weighted by atomic mass is 16.4. The molecule has 2 amide bonds. The van der Waals surface area contributed by atoms with Gasteiger partial charge in [0.1, 0.15) is 5.54 Å². The van der Waals surface area contributed by atoms with Crippen LogP contribution in [0.5, 0.6) is 0 Å². The number of hydrogen-bond acceptors (Lipinski definition) is 2. The van der Waals surface area contributed by atoms with Gasteiger partial charge in [-0.05, 0) is 39.3 Å². The normalized spacial score (nSPS) is 20.1.